The van der Waals surface area contributed by atoms with Crippen LogP contribution < -0.4 is 5.73 Å². The van der Waals surface area contributed by atoms with Gasteiger partial charge in [0.25, 0.3) is 0 Å². The minimum Gasteiger partial charge on any atom is -0.506 e. The smallest absolute Gasteiger partial charge is 0.235 e. The van der Waals surface area contributed by atoms with E-state index in [1.165, 1.54) is 0 Å². The zero-order valence-electron chi connectivity index (χ0n) is 12.6. The van der Waals surface area contributed by atoms with Gasteiger partial charge in [-0.2, -0.15) is 0 Å². The number of benzene rings is 1. The summed E-state index contributed by atoms with van der Waals surface area (Å²) >= 11 is 0. The predicted molar refractivity (Wildman–Crippen MR) is 85.0 cm³/mol. The van der Waals surface area contributed by atoms with Gasteiger partial charge in [0.1, 0.15) is 12.1 Å². The van der Waals surface area contributed by atoms with E-state index >= 15 is 0 Å². The Morgan fingerprint density at radius 3 is 2.77 bits per heavy atom. The third kappa shape index (κ3) is 2.58. The minimum absolute atomic E-state index is 0.0533. The average molecular weight is 298 g/mol. The number of anilines is 1. The number of phenolic OH excluding ortho intramolecular Hbond substituents is 1. The molecular weight excluding hydrogens is 280 g/mol. The molecule has 0 bridgehead atoms. The Morgan fingerprint density at radius 1 is 1.27 bits per heavy atom. The van der Waals surface area contributed by atoms with Crippen LogP contribution in [0.3, 0.4) is 0 Å². The number of likely N-dealkylation sites (N-methyl/N-ethyl adjacent to an activating group) is 1. The maximum Gasteiger partial charge on any atom is 0.235 e. The largest absolute Gasteiger partial charge is 0.506 e. The fourth-order valence-electron chi connectivity index (χ4n) is 2.31. The first-order valence-corrected chi connectivity index (χ1v) is 6.97. The van der Waals surface area contributed by atoms with Crippen molar-refractivity contribution in [3.8, 4) is 11.7 Å². The second-order valence-corrected chi connectivity index (χ2v) is 5.39. The monoisotopic (exact) mass is 298 g/mol. The fourth-order valence-corrected chi connectivity index (χ4v) is 2.31. The van der Waals surface area contributed by atoms with E-state index in [-0.39, 0.29) is 5.75 Å². The second-order valence-electron chi connectivity index (χ2n) is 5.39. The van der Waals surface area contributed by atoms with Crippen molar-refractivity contribution in [3.05, 3.63) is 36.5 Å². The van der Waals surface area contributed by atoms with E-state index in [1.807, 2.05) is 14.1 Å². The molecule has 3 rings (SSSR count). The highest BCUT2D eigenvalue weighted by Crippen LogP contribution is 2.31. The third-order valence-electron chi connectivity index (χ3n) is 3.48. The molecule has 7 nitrogen and oxygen atoms in total. The predicted octanol–water partition coefficient (Wildman–Crippen LogP) is 1.21. The van der Waals surface area contributed by atoms with Crippen LogP contribution in [0, 0.1) is 0 Å². The number of hydrogen-bond donors (Lipinski definition) is 2. The zero-order chi connectivity index (χ0) is 15.7. The Kier molecular flexibility index (Phi) is 3.64. The SMILES string of the molecule is CN(C)CCc1nc(-n2ccnc2)nc2ccc(O)c(N)c12. The van der Waals surface area contributed by atoms with Crippen molar-refractivity contribution in [2.45, 2.75) is 6.42 Å². The normalized spacial score (nSPS) is 11.4. The molecule has 3 aromatic rings. The molecule has 0 aliphatic carbocycles. The van der Waals surface area contributed by atoms with Crippen LogP contribution in [0.25, 0.3) is 16.9 Å². The summed E-state index contributed by atoms with van der Waals surface area (Å²) in [7, 11) is 4.00. The molecule has 2 aromatic heterocycles. The molecule has 0 spiro atoms. The van der Waals surface area contributed by atoms with E-state index in [2.05, 4.69) is 19.9 Å². The molecule has 0 amide bonds. The molecule has 0 saturated heterocycles. The van der Waals surface area contributed by atoms with Gasteiger partial charge in [0.2, 0.25) is 5.95 Å². The van der Waals surface area contributed by atoms with Crippen LogP contribution in [0.15, 0.2) is 30.9 Å². The summed E-state index contributed by atoms with van der Waals surface area (Å²) in [4.78, 5) is 15.2. The highest BCUT2D eigenvalue weighted by molar-refractivity contribution is 5.95. The van der Waals surface area contributed by atoms with Crippen molar-refractivity contribution >= 4 is 16.6 Å². The minimum atomic E-state index is 0.0533. The Morgan fingerprint density at radius 2 is 2.09 bits per heavy atom. The summed E-state index contributed by atoms with van der Waals surface area (Å²) in [6.07, 6.45) is 5.83. The molecule has 0 saturated carbocycles. The number of aromatic hydroxyl groups is 1. The maximum atomic E-state index is 9.87. The van der Waals surface area contributed by atoms with Gasteiger partial charge in [-0.25, -0.2) is 15.0 Å². The van der Waals surface area contributed by atoms with Gasteiger partial charge in [0.15, 0.2) is 0 Å². The topological polar surface area (TPSA) is 93.1 Å². The van der Waals surface area contributed by atoms with Gasteiger partial charge in [0, 0.05) is 30.7 Å². The molecule has 0 atom stereocenters. The first kappa shape index (κ1) is 14.3. The molecule has 3 N–H and O–H groups in total. The van der Waals surface area contributed by atoms with E-state index in [0.29, 0.717) is 29.0 Å². The quantitative estimate of drug-likeness (QED) is 0.555. The lowest BCUT2D eigenvalue weighted by atomic mass is 10.1. The fraction of sp³-hybridized carbons (Fsp3) is 0.267. The van der Waals surface area contributed by atoms with Crippen molar-refractivity contribution < 1.29 is 5.11 Å². The van der Waals surface area contributed by atoms with Crippen LogP contribution in [0.5, 0.6) is 5.75 Å². The molecule has 0 unspecified atom stereocenters. The highest BCUT2D eigenvalue weighted by atomic mass is 16.3. The van der Waals surface area contributed by atoms with Gasteiger partial charge in [-0.1, -0.05) is 0 Å². The second kappa shape index (κ2) is 5.61. The van der Waals surface area contributed by atoms with Gasteiger partial charge in [-0.15, -0.1) is 0 Å². The molecule has 7 heteroatoms. The summed E-state index contributed by atoms with van der Waals surface area (Å²) < 4.78 is 1.75. The highest BCUT2D eigenvalue weighted by Gasteiger charge is 2.14. The number of nitrogens with zero attached hydrogens (tertiary/aromatic N) is 5. The van der Waals surface area contributed by atoms with Crippen LogP contribution in [0.2, 0.25) is 0 Å². The number of rotatable bonds is 4. The number of aromatic nitrogens is 4. The van der Waals surface area contributed by atoms with Gasteiger partial charge < -0.3 is 15.7 Å². The molecule has 114 valence electrons. The Labute approximate surface area is 128 Å². The summed E-state index contributed by atoms with van der Waals surface area (Å²) in [5.74, 6) is 0.599. The third-order valence-corrected chi connectivity index (χ3v) is 3.48. The first-order valence-electron chi connectivity index (χ1n) is 6.97. The number of nitrogen functional groups attached to an aromatic ring is 1. The molecule has 2 heterocycles. The Bertz CT molecular complexity index is 797. The van der Waals surface area contributed by atoms with Gasteiger partial charge >= 0.3 is 0 Å². The molecular formula is C15H18N6O. The lowest BCUT2D eigenvalue weighted by molar-refractivity contribution is 0.412. The summed E-state index contributed by atoms with van der Waals surface area (Å²) in [5, 5.41) is 10.6. The van der Waals surface area contributed by atoms with E-state index in [4.69, 9.17) is 5.73 Å². The Balaban J connectivity index is 2.20. The van der Waals surface area contributed by atoms with Crippen LogP contribution in [-0.2, 0) is 6.42 Å². The number of nitrogens with two attached hydrogens (primary N) is 1. The number of hydrogen-bond acceptors (Lipinski definition) is 6. The lowest BCUT2D eigenvalue weighted by Crippen LogP contribution is -2.17. The van der Waals surface area contributed by atoms with Gasteiger partial charge in [0.05, 0.1) is 16.9 Å². The summed E-state index contributed by atoms with van der Waals surface area (Å²) in [6, 6.07) is 3.31. The van der Waals surface area contributed by atoms with E-state index in [1.54, 1.807) is 35.4 Å². The standard InChI is InChI=1S/C15H18N6O/c1-20(2)7-5-11-13-10(3-4-12(22)14(13)16)18-15(19-11)21-8-6-17-9-21/h3-4,6,8-9,22H,5,7,16H2,1-2H3. The number of fused-ring (bicyclic) bond motifs is 1. The molecule has 22 heavy (non-hydrogen) atoms. The van der Waals surface area contributed by atoms with Gasteiger partial charge in [-0.05, 0) is 26.2 Å². The molecule has 0 fully saturated rings. The van der Waals surface area contributed by atoms with Crippen LogP contribution in [-0.4, -0.2) is 50.2 Å². The van der Waals surface area contributed by atoms with Crippen molar-refractivity contribution in [2.75, 3.05) is 26.4 Å². The first-order chi connectivity index (χ1) is 10.6. The van der Waals surface area contributed by atoms with Crippen LogP contribution in [0.1, 0.15) is 5.69 Å². The van der Waals surface area contributed by atoms with E-state index in [0.717, 1.165) is 12.2 Å². The Hall–Kier alpha value is -2.67. The summed E-state index contributed by atoms with van der Waals surface area (Å²) in [6.45, 7) is 0.824. The van der Waals surface area contributed by atoms with E-state index in [9.17, 15) is 5.11 Å². The molecule has 0 aliphatic rings. The van der Waals surface area contributed by atoms with Crippen LogP contribution in [0.4, 0.5) is 5.69 Å². The van der Waals surface area contributed by atoms with Crippen molar-refractivity contribution in [2.24, 2.45) is 0 Å². The maximum absolute atomic E-state index is 9.87. The average Bonchev–Trinajstić information content (AvgIpc) is 3.02. The number of phenols is 1. The van der Waals surface area contributed by atoms with Crippen LogP contribution >= 0.6 is 0 Å². The van der Waals surface area contributed by atoms with Gasteiger partial charge in [-0.3, -0.25) is 4.57 Å². The lowest BCUT2D eigenvalue weighted by Gasteiger charge is -2.14. The number of imidazole rings is 1. The molecule has 0 aliphatic heterocycles. The summed E-state index contributed by atoms with van der Waals surface area (Å²) in [5.41, 5.74) is 7.88. The molecule has 0 radical (unpaired) electrons. The van der Waals surface area contributed by atoms with Crippen molar-refractivity contribution in [1.82, 2.24) is 24.4 Å². The van der Waals surface area contributed by atoms with Crippen molar-refractivity contribution in [1.29, 1.82) is 0 Å². The van der Waals surface area contributed by atoms with E-state index < -0.39 is 0 Å². The molecule has 1 aromatic carbocycles. The van der Waals surface area contributed by atoms with Crippen molar-refractivity contribution in [3.63, 3.8) is 0 Å². The zero-order valence-corrected chi connectivity index (χ0v) is 12.6.